The van der Waals surface area contributed by atoms with Crippen LogP contribution in [0.15, 0.2) is 66.7 Å². The summed E-state index contributed by atoms with van der Waals surface area (Å²) < 4.78 is 0. The molecule has 0 radical (unpaired) electrons. The zero-order valence-corrected chi connectivity index (χ0v) is 14.4. The van der Waals surface area contributed by atoms with Crippen molar-refractivity contribution in [1.29, 1.82) is 0 Å². The number of aromatic carboxylic acids is 1. The first kappa shape index (κ1) is 18.0. The van der Waals surface area contributed by atoms with Crippen molar-refractivity contribution in [1.82, 2.24) is 0 Å². The lowest BCUT2D eigenvalue weighted by atomic mass is 10.1. The minimum Gasteiger partial charge on any atom is -0.504 e. The van der Waals surface area contributed by atoms with E-state index in [2.05, 4.69) is 0 Å². The van der Waals surface area contributed by atoms with Gasteiger partial charge in [0, 0.05) is 0 Å². The first-order valence-electron chi connectivity index (χ1n) is 8.33. The summed E-state index contributed by atoms with van der Waals surface area (Å²) in [7, 11) is 0. The number of phenols is 2. The van der Waals surface area contributed by atoms with Crippen LogP contribution in [0.4, 0.5) is 0 Å². The Morgan fingerprint density at radius 3 is 1.44 bits per heavy atom. The quantitative estimate of drug-likeness (QED) is 0.436. The third-order valence-electron chi connectivity index (χ3n) is 4.03. The fourth-order valence-corrected chi connectivity index (χ4v) is 2.48. The average molecular weight is 358 g/mol. The van der Waals surface area contributed by atoms with Gasteiger partial charge in [0.15, 0.2) is 11.5 Å². The summed E-state index contributed by atoms with van der Waals surface area (Å²) in [5.74, 6) is -1.22. The van der Waals surface area contributed by atoms with Gasteiger partial charge in [-0.2, -0.15) is 0 Å². The van der Waals surface area contributed by atoms with E-state index in [4.69, 9.17) is 5.11 Å². The van der Waals surface area contributed by atoms with Crippen molar-refractivity contribution < 1.29 is 20.1 Å². The molecule has 3 rings (SSSR count). The Morgan fingerprint density at radius 2 is 1.00 bits per heavy atom. The van der Waals surface area contributed by atoms with Crippen molar-refractivity contribution in [3.63, 3.8) is 0 Å². The highest BCUT2D eigenvalue weighted by Gasteiger charge is 2.00. The summed E-state index contributed by atoms with van der Waals surface area (Å²) in [6.07, 6.45) is 7.66. The van der Waals surface area contributed by atoms with Crippen LogP contribution >= 0.6 is 0 Å². The number of aromatic hydroxyl groups is 2. The predicted octanol–water partition coefficient (Wildman–Crippen LogP) is 5.14. The predicted molar refractivity (Wildman–Crippen MR) is 107 cm³/mol. The van der Waals surface area contributed by atoms with Crippen LogP contribution in [0.5, 0.6) is 11.5 Å². The first-order valence-corrected chi connectivity index (χ1v) is 8.33. The monoisotopic (exact) mass is 358 g/mol. The smallest absolute Gasteiger partial charge is 0.335 e. The Labute approximate surface area is 157 Å². The van der Waals surface area contributed by atoms with Gasteiger partial charge < -0.3 is 15.3 Å². The topological polar surface area (TPSA) is 77.8 Å². The molecular formula is C23H18O4. The van der Waals surface area contributed by atoms with Gasteiger partial charge in [-0.15, -0.1) is 0 Å². The lowest BCUT2D eigenvalue weighted by molar-refractivity contribution is 0.0697. The highest BCUT2D eigenvalue weighted by atomic mass is 16.4. The van der Waals surface area contributed by atoms with Gasteiger partial charge in [-0.3, -0.25) is 0 Å². The van der Waals surface area contributed by atoms with E-state index in [0.717, 1.165) is 22.3 Å². The van der Waals surface area contributed by atoms with Crippen LogP contribution in [-0.2, 0) is 0 Å². The van der Waals surface area contributed by atoms with Gasteiger partial charge >= 0.3 is 5.97 Å². The molecule has 0 aliphatic carbocycles. The Kier molecular flexibility index (Phi) is 5.38. The number of carbonyl (C=O) groups is 1. The van der Waals surface area contributed by atoms with E-state index in [1.165, 1.54) is 12.1 Å². The summed E-state index contributed by atoms with van der Waals surface area (Å²) in [6, 6.07) is 19.3. The fourth-order valence-electron chi connectivity index (χ4n) is 2.48. The van der Waals surface area contributed by atoms with E-state index in [1.54, 1.807) is 30.3 Å². The van der Waals surface area contributed by atoms with Crippen LogP contribution in [0, 0.1) is 0 Å². The van der Waals surface area contributed by atoms with Crippen molar-refractivity contribution in [2.75, 3.05) is 0 Å². The molecule has 27 heavy (non-hydrogen) atoms. The molecule has 0 unspecified atom stereocenters. The first-order chi connectivity index (χ1) is 13.0. The Morgan fingerprint density at radius 1 is 0.593 bits per heavy atom. The van der Waals surface area contributed by atoms with Gasteiger partial charge in [0.25, 0.3) is 0 Å². The van der Waals surface area contributed by atoms with Crippen molar-refractivity contribution in [3.05, 3.63) is 94.5 Å². The largest absolute Gasteiger partial charge is 0.504 e. The third kappa shape index (κ3) is 4.86. The van der Waals surface area contributed by atoms with Crippen molar-refractivity contribution in [3.8, 4) is 11.5 Å². The molecule has 0 saturated carbocycles. The minimum atomic E-state index is -0.934. The molecule has 0 amide bonds. The van der Waals surface area contributed by atoms with Gasteiger partial charge in [0.2, 0.25) is 0 Å². The molecule has 0 aliphatic rings. The highest BCUT2D eigenvalue weighted by molar-refractivity contribution is 5.88. The van der Waals surface area contributed by atoms with Crippen LogP contribution < -0.4 is 0 Å². The second kappa shape index (κ2) is 8.06. The van der Waals surface area contributed by atoms with Crippen molar-refractivity contribution >= 4 is 30.3 Å². The SMILES string of the molecule is O=C(O)c1ccc(C=Cc2ccc(C=Cc3ccc(O)c(O)c3)cc2)cc1. The molecule has 0 bridgehead atoms. The second-order valence-electron chi connectivity index (χ2n) is 6.01. The van der Waals surface area contributed by atoms with Gasteiger partial charge in [-0.1, -0.05) is 66.8 Å². The van der Waals surface area contributed by atoms with E-state index in [0.29, 0.717) is 0 Å². The Bertz CT molecular complexity index is 998. The molecule has 0 saturated heterocycles. The maximum atomic E-state index is 10.9. The summed E-state index contributed by atoms with van der Waals surface area (Å²) >= 11 is 0. The van der Waals surface area contributed by atoms with Gasteiger partial charge in [0.05, 0.1) is 5.56 Å². The molecule has 0 atom stereocenters. The third-order valence-corrected chi connectivity index (χ3v) is 4.03. The Balaban J connectivity index is 1.66. The molecule has 0 spiro atoms. The van der Waals surface area contributed by atoms with Gasteiger partial charge in [-0.05, 0) is 46.5 Å². The molecule has 3 aromatic rings. The number of benzene rings is 3. The zero-order valence-electron chi connectivity index (χ0n) is 14.4. The van der Waals surface area contributed by atoms with Gasteiger partial charge in [-0.25, -0.2) is 4.79 Å². The number of hydrogen-bond donors (Lipinski definition) is 3. The number of carboxylic acids is 1. The number of phenolic OH excluding ortho intramolecular Hbond substituents is 2. The summed E-state index contributed by atoms with van der Waals surface area (Å²) in [4.78, 5) is 10.9. The summed E-state index contributed by atoms with van der Waals surface area (Å²) in [5, 5.41) is 27.7. The molecule has 0 heterocycles. The molecule has 134 valence electrons. The summed E-state index contributed by atoms with van der Waals surface area (Å²) in [5.41, 5.74) is 4.02. The van der Waals surface area contributed by atoms with E-state index >= 15 is 0 Å². The van der Waals surface area contributed by atoms with Crippen molar-refractivity contribution in [2.24, 2.45) is 0 Å². The molecule has 0 aliphatic heterocycles. The van der Waals surface area contributed by atoms with E-state index in [-0.39, 0.29) is 17.1 Å². The molecule has 4 nitrogen and oxygen atoms in total. The lowest BCUT2D eigenvalue weighted by Gasteiger charge is -2.00. The van der Waals surface area contributed by atoms with Crippen LogP contribution in [0.25, 0.3) is 24.3 Å². The number of rotatable bonds is 5. The fraction of sp³-hybridized carbons (Fsp3) is 0. The average Bonchev–Trinajstić information content (AvgIpc) is 2.68. The van der Waals surface area contributed by atoms with Gasteiger partial charge in [0.1, 0.15) is 0 Å². The zero-order chi connectivity index (χ0) is 19.2. The molecule has 0 fully saturated rings. The summed E-state index contributed by atoms with van der Waals surface area (Å²) in [6.45, 7) is 0. The lowest BCUT2D eigenvalue weighted by Crippen LogP contribution is -1.94. The number of carboxylic acid groups (broad SMARTS) is 1. The molecular weight excluding hydrogens is 340 g/mol. The molecule has 3 aromatic carbocycles. The van der Waals surface area contributed by atoms with Crippen LogP contribution in [0.3, 0.4) is 0 Å². The molecule has 3 N–H and O–H groups in total. The van der Waals surface area contributed by atoms with E-state index in [9.17, 15) is 15.0 Å². The number of hydrogen-bond acceptors (Lipinski definition) is 3. The highest BCUT2D eigenvalue weighted by Crippen LogP contribution is 2.25. The van der Waals surface area contributed by atoms with E-state index in [1.807, 2.05) is 48.6 Å². The maximum absolute atomic E-state index is 10.9. The van der Waals surface area contributed by atoms with Crippen molar-refractivity contribution in [2.45, 2.75) is 0 Å². The standard InChI is InChI=1S/C23H18O4/c24-21-14-11-19(15-22(21)25)8-7-17-3-1-16(2-4-17)5-6-18-9-12-20(13-10-18)23(26)27/h1-15,24-25H,(H,26,27). The normalized spacial score (nSPS) is 11.3. The van der Waals surface area contributed by atoms with Crippen LogP contribution in [0.2, 0.25) is 0 Å². The van der Waals surface area contributed by atoms with Crippen LogP contribution in [-0.4, -0.2) is 21.3 Å². The minimum absolute atomic E-state index is 0.138. The second-order valence-corrected chi connectivity index (χ2v) is 6.01. The van der Waals surface area contributed by atoms with Crippen LogP contribution in [0.1, 0.15) is 32.6 Å². The molecule has 0 aromatic heterocycles. The maximum Gasteiger partial charge on any atom is 0.335 e. The molecule has 4 heteroatoms. The van der Waals surface area contributed by atoms with E-state index < -0.39 is 5.97 Å². The Hall–Kier alpha value is -3.79.